The molecule has 0 bridgehead atoms. The summed E-state index contributed by atoms with van der Waals surface area (Å²) < 4.78 is 0. The van der Waals surface area contributed by atoms with Crippen molar-refractivity contribution < 1.29 is 14.4 Å². The summed E-state index contributed by atoms with van der Waals surface area (Å²) in [6.45, 7) is 0.413. The van der Waals surface area contributed by atoms with E-state index in [4.69, 9.17) is 0 Å². The van der Waals surface area contributed by atoms with Gasteiger partial charge in [-0.15, -0.1) is 0 Å². The fourth-order valence-electron chi connectivity index (χ4n) is 2.82. The SMILES string of the molecule is CNc1cccc2c1C(=O)N(C1CCC(=O)NC1=O)C2. The van der Waals surface area contributed by atoms with Crippen molar-refractivity contribution in [2.24, 2.45) is 0 Å². The van der Waals surface area contributed by atoms with Crippen LogP contribution in [0.25, 0.3) is 0 Å². The van der Waals surface area contributed by atoms with Gasteiger partial charge in [0.25, 0.3) is 5.91 Å². The lowest BCUT2D eigenvalue weighted by Crippen LogP contribution is -2.52. The minimum atomic E-state index is -0.558. The van der Waals surface area contributed by atoms with E-state index in [9.17, 15) is 14.4 Å². The molecular weight excluding hydrogens is 258 g/mol. The number of benzene rings is 1. The maximum atomic E-state index is 12.5. The summed E-state index contributed by atoms with van der Waals surface area (Å²) in [5, 5.41) is 5.29. The highest BCUT2D eigenvalue weighted by atomic mass is 16.2. The van der Waals surface area contributed by atoms with Crippen molar-refractivity contribution >= 4 is 23.4 Å². The summed E-state index contributed by atoms with van der Waals surface area (Å²) in [7, 11) is 1.76. The van der Waals surface area contributed by atoms with Gasteiger partial charge in [0.2, 0.25) is 11.8 Å². The molecule has 0 aliphatic carbocycles. The van der Waals surface area contributed by atoms with Crippen LogP contribution in [0, 0.1) is 0 Å². The molecule has 1 unspecified atom stereocenters. The van der Waals surface area contributed by atoms with Crippen molar-refractivity contribution in [3.8, 4) is 0 Å². The summed E-state index contributed by atoms with van der Waals surface area (Å²) >= 11 is 0. The molecule has 6 heteroatoms. The maximum Gasteiger partial charge on any atom is 0.257 e. The van der Waals surface area contributed by atoms with Crippen LogP contribution in [0.2, 0.25) is 0 Å². The van der Waals surface area contributed by atoms with Crippen LogP contribution in [-0.4, -0.2) is 35.7 Å². The van der Waals surface area contributed by atoms with Crippen LogP contribution in [0.4, 0.5) is 5.69 Å². The van der Waals surface area contributed by atoms with E-state index in [1.807, 2.05) is 18.2 Å². The van der Waals surface area contributed by atoms with Crippen molar-refractivity contribution in [2.45, 2.75) is 25.4 Å². The Hall–Kier alpha value is -2.37. The van der Waals surface area contributed by atoms with Crippen molar-refractivity contribution in [3.05, 3.63) is 29.3 Å². The highest BCUT2D eigenvalue weighted by Crippen LogP contribution is 2.31. The molecule has 1 aromatic carbocycles. The van der Waals surface area contributed by atoms with Crippen LogP contribution in [0.5, 0.6) is 0 Å². The van der Waals surface area contributed by atoms with Gasteiger partial charge in [0, 0.05) is 25.7 Å². The van der Waals surface area contributed by atoms with Crippen LogP contribution in [0.1, 0.15) is 28.8 Å². The number of hydrogen-bond acceptors (Lipinski definition) is 4. The lowest BCUT2D eigenvalue weighted by atomic mass is 10.0. The van der Waals surface area contributed by atoms with Crippen molar-refractivity contribution in [1.82, 2.24) is 10.2 Å². The normalized spacial score (nSPS) is 21.8. The second kappa shape index (κ2) is 4.63. The number of amides is 3. The molecule has 3 amide bonds. The van der Waals surface area contributed by atoms with E-state index < -0.39 is 6.04 Å². The number of hydrogen-bond donors (Lipinski definition) is 2. The Balaban J connectivity index is 1.90. The molecule has 0 radical (unpaired) electrons. The van der Waals surface area contributed by atoms with E-state index in [0.29, 0.717) is 18.5 Å². The minimum Gasteiger partial charge on any atom is -0.387 e. The van der Waals surface area contributed by atoms with Gasteiger partial charge in [-0.25, -0.2) is 0 Å². The largest absolute Gasteiger partial charge is 0.387 e. The number of carbonyl (C=O) groups excluding carboxylic acids is 3. The molecule has 2 heterocycles. The molecule has 0 saturated carbocycles. The number of imide groups is 1. The molecule has 2 aliphatic heterocycles. The summed E-state index contributed by atoms with van der Waals surface area (Å²) in [6.07, 6.45) is 0.661. The number of carbonyl (C=O) groups is 3. The van der Waals surface area contributed by atoms with Gasteiger partial charge < -0.3 is 10.2 Å². The third-order valence-corrected chi connectivity index (χ3v) is 3.82. The fourth-order valence-corrected chi connectivity index (χ4v) is 2.82. The van der Waals surface area contributed by atoms with Crippen molar-refractivity contribution in [3.63, 3.8) is 0 Å². The van der Waals surface area contributed by atoms with Gasteiger partial charge in [0.15, 0.2) is 0 Å². The predicted molar refractivity (Wildman–Crippen MR) is 72.0 cm³/mol. The van der Waals surface area contributed by atoms with E-state index in [1.165, 1.54) is 0 Å². The molecule has 0 spiro atoms. The Morgan fingerprint density at radius 1 is 1.30 bits per heavy atom. The molecule has 3 rings (SSSR count). The fraction of sp³-hybridized carbons (Fsp3) is 0.357. The number of rotatable bonds is 2. The second-order valence-corrected chi connectivity index (χ2v) is 4.99. The number of piperidine rings is 1. The van der Waals surface area contributed by atoms with Gasteiger partial charge in [-0.05, 0) is 18.1 Å². The minimum absolute atomic E-state index is 0.153. The number of fused-ring (bicyclic) bond motifs is 1. The van der Waals surface area contributed by atoms with Gasteiger partial charge >= 0.3 is 0 Å². The van der Waals surface area contributed by atoms with Gasteiger partial charge in [-0.1, -0.05) is 12.1 Å². The first-order valence-electron chi connectivity index (χ1n) is 6.56. The van der Waals surface area contributed by atoms with Crippen LogP contribution in [-0.2, 0) is 16.1 Å². The number of nitrogens with zero attached hydrogens (tertiary/aromatic N) is 1. The van der Waals surface area contributed by atoms with E-state index >= 15 is 0 Å². The summed E-state index contributed by atoms with van der Waals surface area (Å²) in [6, 6.07) is 5.05. The molecular formula is C14H15N3O3. The Kier molecular flexibility index (Phi) is 2.93. The van der Waals surface area contributed by atoms with Crippen molar-refractivity contribution in [1.29, 1.82) is 0 Å². The quantitative estimate of drug-likeness (QED) is 0.769. The van der Waals surface area contributed by atoms with Gasteiger partial charge in [-0.2, -0.15) is 0 Å². The van der Waals surface area contributed by atoms with Crippen LogP contribution < -0.4 is 10.6 Å². The van der Waals surface area contributed by atoms with Crippen molar-refractivity contribution in [2.75, 3.05) is 12.4 Å². The zero-order chi connectivity index (χ0) is 14.3. The molecule has 1 saturated heterocycles. The van der Waals surface area contributed by atoms with Crippen LogP contribution in [0.3, 0.4) is 0 Å². The lowest BCUT2D eigenvalue weighted by molar-refractivity contribution is -0.136. The molecule has 1 aromatic rings. The third kappa shape index (κ3) is 1.84. The average molecular weight is 273 g/mol. The molecule has 20 heavy (non-hydrogen) atoms. The van der Waals surface area contributed by atoms with Gasteiger partial charge in [0.1, 0.15) is 6.04 Å². The monoisotopic (exact) mass is 273 g/mol. The molecule has 104 valence electrons. The predicted octanol–water partition coefficient (Wildman–Crippen LogP) is 0.489. The zero-order valence-electron chi connectivity index (χ0n) is 11.1. The van der Waals surface area contributed by atoms with E-state index in [2.05, 4.69) is 10.6 Å². The first-order chi connectivity index (χ1) is 9.61. The first kappa shape index (κ1) is 12.7. The number of nitrogens with one attached hydrogen (secondary N) is 2. The second-order valence-electron chi connectivity index (χ2n) is 4.99. The smallest absolute Gasteiger partial charge is 0.257 e. The Labute approximate surface area is 116 Å². The summed E-state index contributed by atoms with van der Waals surface area (Å²) in [5.74, 6) is -0.806. The average Bonchev–Trinajstić information content (AvgIpc) is 2.76. The Morgan fingerprint density at radius 2 is 2.10 bits per heavy atom. The Bertz CT molecular complexity index is 612. The molecule has 6 nitrogen and oxygen atoms in total. The van der Waals surface area contributed by atoms with E-state index in [0.717, 1.165) is 11.3 Å². The topological polar surface area (TPSA) is 78.5 Å². The first-order valence-corrected chi connectivity index (χ1v) is 6.56. The molecule has 1 atom stereocenters. The van der Waals surface area contributed by atoms with Gasteiger partial charge in [0.05, 0.1) is 5.56 Å². The lowest BCUT2D eigenvalue weighted by Gasteiger charge is -2.29. The highest BCUT2D eigenvalue weighted by molar-refractivity contribution is 6.07. The molecule has 2 N–H and O–H groups in total. The molecule has 2 aliphatic rings. The highest BCUT2D eigenvalue weighted by Gasteiger charge is 2.39. The summed E-state index contributed by atoms with van der Waals surface area (Å²) in [5.41, 5.74) is 2.30. The van der Waals surface area contributed by atoms with E-state index in [-0.39, 0.29) is 24.1 Å². The van der Waals surface area contributed by atoms with Gasteiger partial charge in [-0.3, -0.25) is 19.7 Å². The Morgan fingerprint density at radius 3 is 2.80 bits per heavy atom. The zero-order valence-corrected chi connectivity index (χ0v) is 11.1. The number of anilines is 1. The molecule has 0 aromatic heterocycles. The van der Waals surface area contributed by atoms with E-state index in [1.54, 1.807) is 11.9 Å². The summed E-state index contributed by atoms with van der Waals surface area (Å²) in [4.78, 5) is 37.2. The standard InChI is InChI=1S/C14H15N3O3/c1-15-9-4-2-3-8-7-17(14(20)12(8)9)10-5-6-11(18)16-13(10)19/h2-4,10,15H,5-7H2,1H3,(H,16,18,19). The third-order valence-electron chi connectivity index (χ3n) is 3.82. The van der Waals surface area contributed by atoms with Crippen LogP contribution >= 0.6 is 0 Å². The molecule has 1 fully saturated rings. The van der Waals surface area contributed by atoms with Crippen LogP contribution in [0.15, 0.2) is 18.2 Å². The maximum absolute atomic E-state index is 12.5.